The number of fused-ring (bicyclic) bond motifs is 1. The normalized spacial score (nSPS) is 10.8. The Kier molecular flexibility index (Phi) is 3.44. The molecule has 112 valence electrons. The lowest BCUT2D eigenvalue weighted by molar-refractivity contribution is 0.300. The number of nitrogens with zero attached hydrogens (tertiary/aromatic N) is 3. The molecule has 0 fully saturated rings. The lowest BCUT2D eigenvalue weighted by Gasteiger charge is -2.07. The summed E-state index contributed by atoms with van der Waals surface area (Å²) in [6.45, 7) is 0.335. The number of aromatic amines is 1. The summed E-state index contributed by atoms with van der Waals surface area (Å²) in [6.07, 6.45) is 3.46. The Morgan fingerprint density at radius 3 is 2.78 bits per heavy atom. The van der Waals surface area contributed by atoms with E-state index in [4.69, 9.17) is 4.74 Å². The van der Waals surface area contributed by atoms with Crippen molar-refractivity contribution in [3.05, 3.63) is 72.8 Å². The molecule has 23 heavy (non-hydrogen) atoms. The molecule has 0 saturated carbocycles. The number of hydrogen-bond donors (Lipinski definition) is 1. The van der Waals surface area contributed by atoms with Crippen LogP contribution in [0.15, 0.2) is 67.0 Å². The van der Waals surface area contributed by atoms with Gasteiger partial charge in [0.2, 0.25) is 0 Å². The zero-order valence-electron chi connectivity index (χ0n) is 12.3. The van der Waals surface area contributed by atoms with E-state index >= 15 is 0 Å². The van der Waals surface area contributed by atoms with E-state index in [0.717, 1.165) is 22.1 Å². The maximum atomic E-state index is 5.91. The number of nitrogens with one attached hydrogen (secondary N) is 1. The molecule has 2 aromatic carbocycles. The Morgan fingerprint density at radius 2 is 1.87 bits per heavy atom. The van der Waals surface area contributed by atoms with E-state index in [1.807, 2.05) is 42.5 Å². The van der Waals surface area contributed by atoms with Gasteiger partial charge in [0.1, 0.15) is 12.4 Å². The smallest absolute Gasteiger partial charge is 0.182 e. The highest BCUT2D eigenvalue weighted by atomic mass is 16.5. The number of rotatable bonds is 4. The maximum absolute atomic E-state index is 5.91. The van der Waals surface area contributed by atoms with E-state index < -0.39 is 0 Å². The molecule has 4 rings (SSSR count). The Hall–Kier alpha value is -3.21. The summed E-state index contributed by atoms with van der Waals surface area (Å²) in [6, 6.07) is 17.9. The fourth-order valence-corrected chi connectivity index (χ4v) is 2.45. The third kappa shape index (κ3) is 2.76. The average molecular weight is 302 g/mol. The molecule has 0 spiro atoms. The molecule has 5 heteroatoms. The first kappa shape index (κ1) is 13.5. The summed E-state index contributed by atoms with van der Waals surface area (Å²) in [4.78, 5) is 8.52. The molecule has 2 aromatic heterocycles. The standard InChI is InChI=1S/C18H14N4O/c1-2-8-15-13(5-1)6-3-9-16(15)23-12-17-20-18(22-21-17)14-7-4-10-19-11-14/h1-11H,12H2,(H,20,21,22). The zero-order chi connectivity index (χ0) is 15.5. The summed E-state index contributed by atoms with van der Waals surface area (Å²) >= 11 is 0. The van der Waals surface area contributed by atoms with Crippen LogP contribution in [0.4, 0.5) is 0 Å². The van der Waals surface area contributed by atoms with Crippen LogP contribution in [0.1, 0.15) is 5.82 Å². The summed E-state index contributed by atoms with van der Waals surface area (Å²) in [5, 5.41) is 9.35. The molecule has 0 bridgehead atoms. The van der Waals surface area contributed by atoms with Crippen LogP contribution in [0.25, 0.3) is 22.2 Å². The van der Waals surface area contributed by atoms with Gasteiger partial charge in [-0.05, 0) is 23.6 Å². The van der Waals surface area contributed by atoms with Gasteiger partial charge in [-0.2, -0.15) is 5.10 Å². The molecule has 2 heterocycles. The Morgan fingerprint density at radius 1 is 0.957 bits per heavy atom. The van der Waals surface area contributed by atoms with Crippen molar-refractivity contribution >= 4 is 10.8 Å². The maximum Gasteiger partial charge on any atom is 0.182 e. The van der Waals surface area contributed by atoms with Gasteiger partial charge in [0.25, 0.3) is 0 Å². The van der Waals surface area contributed by atoms with Crippen LogP contribution in [0, 0.1) is 0 Å². The Balaban J connectivity index is 1.54. The molecule has 0 aliphatic heterocycles. The van der Waals surface area contributed by atoms with E-state index in [1.54, 1.807) is 12.4 Å². The molecule has 0 amide bonds. The minimum atomic E-state index is 0.335. The molecule has 0 unspecified atom stereocenters. The second-order valence-electron chi connectivity index (χ2n) is 5.11. The molecule has 0 radical (unpaired) electrons. The van der Waals surface area contributed by atoms with E-state index in [0.29, 0.717) is 18.3 Å². The van der Waals surface area contributed by atoms with Crippen LogP contribution >= 0.6 is 0 Å². The first-order valence-electron chi connectivity index (χ1n) is 7.32. The molecule has 0 aliphatic rings. The van der Waals surface area contributed by atoms with Gasteiger partial charge in [0.05, 0.1) is 0 Å². The van der Waals surface area contributed by atoms with Gasteiger partial charge in [0.15, 0.2) is 11.6 Å². The minimum Gasteiger partial charge on any atom is -0.485 e. The number of pyridine rings is 1. The number of H-pyrrole nitrogens is 1. The highest BCUT2D eigenvalue weighted by Gasteiger charge is 2.07. The second kappa shape index (κ2) is 5.88. The van der Waals surface area contributed by atoms with Gasteiger partial charge in [-0.15, -0.1) is 0 Å². The molecule has 5 nitrogen and oxygen atoms in total. The van der Waals surface area contributed by atoms with Gasteiger partial charge in [0, 0.05) is 23.3 Å². The van der Waals surface area contributed by atoms with Crippen LogP contribution in [-0.4, -0.2) is 20.2 Å². The lowest BCUT2D eigenvalue weighted by Crippen LogP contribution is -1.98. The SMILES string of the molecule is c1cncc(-c2n[nH]c(COc3cccc4ccccc34)n2)c1. The second-order valence-corrected chi connectivity index (χ2v) is 5.11. The molecule has 0 atom stereocenters. The highest BCUT2D eigenvalue weighted by Crippen LogP contribution is 2.25. The monoisotopic (exact) mass is 302 g/mol. The lowest BCUT2D eigenvalue weighted by atomic mass is 10.1. The van der Waals surface area contributed by atoms with Gasteiger partial charge < -0.3 is 4.74 Å². The van der Waals surface area contributed by atoms with Crippen molar-refractivity contribution in [1.29, 1.82) is 0 Å². The van der Waals surface area contributed by atoms with Crippen LogP contribution in [-0.2, 0) is 6.61 Å². The average Bonchev–Trinajstić information content (AvgIpc) is 3.10. The van der Waals surface area contributed by atoms with Crippen LogP contribution in [0.2, 0.25) is 0 Å². The highest BCUT2D eigenvalue weighted by molar-refractivity contribution is 5.88. The van der Waals surface area contributed by atoms with Gasteiger partial charge in [-0.1, -0.05) is 36.4 Å². The summed E-state index contributed by atoms with van der Waals surface area (Å²) < 4.78 is 5.91. The van der Waals surface area contributed by atoms with Crippen LogP contribution < -0.4 is 4.74 Å². The first-order valence-corrected chi connectivity index (χ1v) is 7.32. The first-order chi connectivity index (χ1) is 11.4. The zero-order valence-corrected chi connectivity index (χ0v) is 12.3. The minimum absolute atomic E-state index is 0.335. The van der Waals surface area contributed by atoms with Crippen molar-refractivity contribution in [3.63, 3.8) is 0 Å². The number of benzene rings is 2. The molecule has 0 aliphatic carbocycles. The van der Waals surface area contributed by atoms with Crippen molar-refractivity contribution in [1.82, 2.24) is 20.2 Å². The van der Waals surface area contributed by atoms with Crippen molar-refractivity contribution in [2.45, 2.75) is 6.61 Å². The molecule has 4 aromatic rings. The molecule has 0 saturated heterocycles. The van der Waals surface area contributed by atoms with Crippen molar-refractivity contribution in [3.8, 4) is 17.1 Å². The fourth-order valence-electron chi connectivity index (χ4n) is 2.45. The largest absolute Gasteiger partial charge is 0.485 e. The number of hydrogen-bond acceptors (Lipinski definition) is 4. The molecule has 1 N–H and O–H groups in total. The van der Waals surface area contributed by atoms with Crippen molar-refractivity contribution < 1.29 is 4.74 Å². The van der Waals surface area contributed by atoms with E-state index in [9.17, 15) is 0 Å². The quantitative estimate of drug-likeness (QED) is 0.625. The fraction of sp³-hybridized carbons (Fsp3) is 0.0556. The predicted molar refractivity (Wildman–Crippen MR) is 87.9 cm³/mol. The summed E-state index contributed by atoms with van der Waals surface area (Å²) in [5.41, 5.74) is 0.875. The predicted octanol–water partition coefficient (Wildman–Crippen LogP) is 3.60. The number of aromatic nitrogens is 4. The third-order valence-corrected chi connectivity index (χ3v) is 3.57. The van der Waals surface area contributed by atoms with E-state index in [-0.39, 0.29) is 0 Å². The van der Waals surface area contributed by atoms with Crippen molar-refractivity contribution in [2.24, 2.45) is 0 Å². The topological polar surface area (TPSA) is 63.7 Å². The van der Waals surface area contributed by atoms with Gasteiger partial charge in [-0.25, -0.2) is 4.98 Å². The van der Waals surface area contributed by atoms with Gasteiger partial charge in [-0.3, -0.25) is 10.1 Å². The van der Waals surface area contributed by atoms with Crippen molar-refractivity contribution in [2.75, 3.05) is 0 Å². The van der Waals surface area contributed by atoms with Crippen LogP contribution in [0.5, 0.6) is 5.75 Å². The summed E-state index contributed by atoms with van der Waals surface area (Å²) in [5.74, 6) is 2.13. The Labute approximate surface area is 133 Å². The van der Waals surface area contributed by atoms with E-state index in [2.05, 4.69) is 32.3 Å². The Bertz CT molecular complexity index is 929. The number of ether oxygens (including phenoxy) is 1. The molecular formula is C18H14N4O. The third-order valence-electron chi connectivity index (χ3n) is 3.57. The molecular weight excluding hydrogens is 288 g/mol. The van der Waals surface area contributed by atoms with E-state index in [1.165, 1.54) is 0 Å². The summed E-state index contributed by atoms with van der Waals surface area (Å²) in [7, 11) is 0. The van der Waals surface area contributed by atoms with Crippen LogP contribution in [0.3, 0.4) is 0 Å². The van der Waals surface area contributed by atoms with Gasteiger partial charge >= 0.3 is 0 Å².